The standard InChI is InChI=1S/C32H32N2O4S3/c1-2-3-17-41(36)23-26(21-37-20-24-11-6-4-7-12-24)38-31(35)22-40-32-28(19-33)27(25-13-8-5-9-14-25)18-29(34-32)30-15-10-16-39-30/h4-16,18,26H,2-3,17,20-23H2,1H3. The minimum absolute atomic E-state index is 0.0411. The molecule has 9 heteroatoms. The predicted molar refractivity (Wildman–Crippen MR) is 167 cm³/mol. The molecular formula is C32H32N2O4S3. The van der Waals surface area contributed by atoms with E-state index >= 15 is 0 Å². The van der Waals surface area contributed by atoms with Gasteiger partial charge in [0.15, 0.2) is 0 Å². The van der Waals surface area contributed by atoms with Crippen LogP contribution in [0, 0.1) is 11.3 Å². The summed E-state index contributed by atoms with van der Waals surface area (Å²) in [4.78, 5) is 18.7. The lowest BCUT2D eigenvalue weighted by molar-refractivity contribution is -0.147. The first-order valence-corrected chi connectivity index (χ1v) is 16.8. The molecule has 4 rings (SSSR count). The maximum absolute atomic E-state index is 13.0. The molecule has 2 atom stereocenters. The van der Waals surface area contributed by atoms with Gasteiger partial charge in [-0.3, -0.25) is 9.00 Å². The van der Waals surface area contributed by atoms with Crippen LogP contribution in [0.5, 0.6) is 0 Å². The fraction of sp³-hybridized carbons (Fsp3) is 0.281. The number of unbranched alkanes of at least 4 members (excludes halogenated alkanes) is 1. The van der Waals surface area contributed by atoms with Crippen LogP contribution >= 0.6 is 23.1 Å². The lowest BCUT2D eigenvalue weighted by Gasteiger charge is -2.18. The van der Waals surface area contributed by atoms with Crippen LogP contribution < -0.4 is 0 Å². The molecule has 0 aliphatic rings. The highest BCUT2D eigenvalue weighted by atomic mass is 32.2. The molecule has 0 bridgehead atoms. The summed E-state index contributed by atoms with van der Waals surface area (Å²) < 4.78 is 24.2. The van der Waals surface area contributed by atoms with Crippen molar-refractivity contribution in [2.24, 2.45) is 0 Å². The van der Waals surface area contributed by atoms with E-state index in [4.69, 9.17) is 14.5 Å². The number of nitrogens with zero attached hydrogens (tertiary/aromatic N) is 2. The van der Waals surface area contributed by atoms with Crippen molar-refractivity contribution in [3.8, 4) is 27.8 Å². The Morgan fingerprint density at radius 3 is 2.54 bits per heavy atom. The highest BCUT2D eigenvalue weighted by molar-refractivity contribution is 8.00. The predicted octanol–water partition coefficient (Wildman–Crippen LogP) is 7.12. The van der Waals surface area contributed by atoms with Crippen molar-refractivity contribution < 1.29 is 18.5 Å². The highest BCUT2D eigenvalue weighted by Crippen LogP contribution is 2.35. The van der Waals surface area contributed by atoms with Crippen LogP contribution in [-0.4, -0.2) is 45.1 Å². The van der Waals surface area contributed by atoms with Gasteiger partial charge in [0, 0.05) is 22.1 Å². The molecule has 0 saturated carbocycles. The van der Waals surface area contributed by atoms with Gasteiger partial charge in [-0.25, -0.2) is 4.98 Å². The van der Waals surface area contributed by atoms with E-state index in [9.17, 15) is 14.3 Å². The van der Waals surface area contributed by atoms with Gasteiger partial charge in [-0.2, -0.15) is 5.26 Å². The van der Waals surface area contributed by atoms with Crippen molar-refractivity contribution >= 4 is 39.9 Å². The third-order valence-electron chi connectivity index (χ3n) is 6.09. The zero-order valence-corrected chi connectivity index (χ0v) is 25.3. The zero-order valence-electron chi connectivity index (χ0n) is 22.9. The molecular weight excluding hydrogens is 573 g/mol. The number of rotatable bonds is 15. The van der Waals surface area contributed by atoms with Crippen LogP contribution in [0.25, 0.3) is 21.7 Å². The first-order chi connectivity index (χ1) is 20.1. The lowest BCUT2D eigenvalue weighted by atomic mass is 10.0. The monoisotopic (exact) mass is 604 g/mol. The summed E-state index contributed by atoms with van der Waals surface area (Å²) in [5.74, 6) is 0.273. The van der Waals surface area contributed by atoms with Crippen LogP contribution in [0.15, 0.2) is 89.3 Å². The molecule has 0 aliphatic carbocycles. The number of esters is 1. The number of thioether (sulfide) groups is 1. The molecule has 2 unspecified atom stereocenters. The summed E-state index contributed by atoms with van der Waals surface area (Å²) in [6, 6.07) is 27.6. The quantitative estimate of drug-likeness (QED) is 0.105. The maximum atomic E-state index is 13.0. The third kappa shape index (κ3) is 9.37. The van der Waals surface area contributed by atoms with E-state index in [0.29, 0.717) is 22.9 Å². The number of thiophene rings is 1. The van der Waals surface area contributed by atoms with Gasteiger partial charge < -0.3 is 9.47 Å². The number of pyridine rings is 1. The minimum atomic E-state index is -1.12. The van der Waals surface area contributed by atoms with Gasteiger partial charge >= 0.3 is 5.97 Å². The Morgan fingerprint density at radius 1 is 1.10 bits per heavy atom. The van der Waals surface area contributed by atoms with Crippen LogP contribution in [-0.2, 0) is 31.7 Å². The van der Waals surface area contributed by atoms with E-state index < -0.39 is 22.9 Å². The summed E-state index contributed by atoms with van der Waals surface area (Å²) in [5, 5.41) is 12.5. The summed E-state index contributed by atoms with van der Waals surface area (Å²) in [7, 11) is -1.12. The SMILES string of the molecule is CCCCS(=O)CC(COCc1ccccc1)OC(=O)CSc1nc(-c2cccs2)cc(-c2ccccc2)c1C#N. The molecule has 212 valence electrons. The van der Waals surface area contributed by atoms with Gasteiger partial charge in [0.2, 0.25) is 0 Å². The third-order valence-corrected chi connectivity index (χ3v) is 9.42. The van der Waals surface area contributed by atoms with Crippen LogP contribution in [0.3, 0.4) is 0 Å². The van der Waals surface area contributed by atoms with Crippen molar-refractivity contribution in [1.82, 2.24) is 4.98 Å². The average molecular weight is 605 g/mol. The second-order valence-electron chi connectivity index (χ2n) is 9.26. The molecule has 2 aromatic carbocycles. The Bertz CT molecular complexity index is 1460. The largest absolute Gasteiger partial charge is 0.458 e. The smallest absolute Gasteiger partial charge is 0.316 e. The van der Waals surface area contributed by atoms with Crippen molar-refractivity contribution in [1.29, 1.82) is 5.26 Å². The molecule has 0 aliphatic heterocycles. The van der Waals surface area contributed by atoms with Crippen molar-refractivity contribution in [2.45, 2.75) is 37.5 Å². The van der Waals surface area contributed by atoms with Crippen LogP contribution in [0.2, 0.25) is 0 Å². The molecule has 0 radical (unpaired) electrons. The molecule has 0 spiro atoms. The first kappa shape index (κ1) is 30.7. The van der Waals surface area contributed by atoms with Crippen molar-refractivity contribution in [3.05, 3.63) is 95.4 Å². The topological polar surface area (TPSA) is 89.3 Å². The molecule has 6 nitrogen and oxygen atoms in total. The van der Waals surface area contributed by atoms with Crippen molar-refractivity contribution in [2.75, 3.05) is 23.9 Å². The number of carbonyl (C=O) groups excluding carboxylic acids is 1. The number of carbonyl (C=O) groups is 1. The Kier molecular flexibility index (Phi) is 12.1. The summed E-state index contributed by atoms with van der Waals surface area (Å²) in [5.41, 5.74) is 3.83. The lowest BCUT2D eigenvalue weighted by Crippen LogP contribution is -2.30. The number of aromatic nitrogens is 1. The number of benzene rings is 2. The molecule has 0 saturated heterocycles. The Labute approximate surface area is 252 Å². The maximum Gasteiger partial charge on any atom is 0.316 e. The molecule has 0 N–H and O–H groups in total. The fourth-order valence-electron chi connectivity index (χ4n) is 4.07. The van der Waals surface area contributed by atoms with Gasteiger partial charge in [0.1, 0.15) is 17.2 Å². The molecule has 2 heterocycles. The van der Waals surface area contributed by atoms with Gasteiger partial charge in [-0.15, -0.1) is 11.3 Å². The summed E-state index contributed by atoms with van der Waals surface area (Å²) in [6.45, 7) is 2.57. The van der Waals surface area contributed by atoms with Gasteiger partial charge in [-0.1, -0.05) is 91.8 Å². The summed E-state index contributed by atoms with van der Waals surface area (Å²) >= 11 is 2.74. The van der Waals surface area contributed by atoms with Gasteiger partial charge in [0.05, 0.1) is 40.9 Å². The van der Waals surface area contributed by atoms with Gasteiger partial charge in [0.25, 0.3) is 0 Å². The van der Waals surface area contributed by atoms with Gasteiger partial charge in [-0.05, 0) is 35.1 Å². The number of nitriles is 1. The van der Waals surface area contributed by atoms with E-state index in [-0.39, 0.29) is 18.1 Å². The number of hydrogen-bond donors (Lipinski definition) is 0. The molecule has 0 fully saturated rings. The van der Waals surface area contributed by atoms with E-state index in [1.807, 2.05) is 84.2 Å². The Morgan fingerprint density at radius 2 is 1.85 bits per heavy atom. The fourth-order valence-corrected chi connectivity index (χ4v) is 6.90. The second kappa shape index (κ2) is 16.2. The van der Waals surface area contributed by atoms with Crippen LogP contribution in [0.4, 0.5) is 0 Å². The van der Waals surface area contributed by atoms with E-state index in [0.717, 1.165) is 40.1 Å². The zero-order chi connectivity index (χ0) is 28.9. The normalized spacial score (nSPS) is 12.4. The molecule has 2 aromatic heterocycles. The molecule has 4 aromatic rings. The van der Waals surface area contributed by atoms with Crippen molar-refractivity contribution in [3.63, 3.8) is 0 Å². The second-order valence-corrected chi connectivity index (χ2v) is 12.8. The Balaban J connectivity index is 1.48. The number of hydrogen-bond acceptors (Lipinski definition) is 8. The van der Waals surface area contributed by atoms with E-state index in [1.165, 1.54) is 11.8 Å². The molecule has 0 amide bonds. The van der Waals surface area contributed by atoms with Crippen LogP contribution in [0.1, 0.15) is 30.9 Å². The van der Waals surface area contributed by atoms with E-state index in [2.05, 4.69) is 13.0 Å². The first-order valence-electron chi connectivity index (χ1n) is 13.4. The highest BCUT2D eigenvalue weighted by Gasteiger charge is 2.21. The Hall–Kier alpha value is -3.29. The minimum Gasteiger partial charge on any atom is -0.458 e. The molecule has 41 heavy (non-hydrogen) atoms. The van der Waals surface area contributed by atoms with E-state index in [1.54, 1.807) is 11.3 Å². The number of ether oxygens (including phenoxy) is 2. The average Bonchev–Trinajstić information content (AvgIpc) is 3.55. The summed E-state index contributed by atoms with van der Waals surface area (Å²) in [6.07, 6.45) is 1.16.